The molecular weight excluding hydrogens is 392 g/mol. The number of primary amides is 1. The van der Waals surface area contributed by atoms with Crippen molar-refractivity contribution in [2.24, 2.45) is 11.7 Å². The Morgan fingerprint density at radius 2 is 1.62 bits per heavy atom. The quantitative estimate of drug-likeness (QED) is 0.793. The van der Waals surface area contributed by atoms with Crippen LogP contribution in [0.4, 0.5) is 4.79 Å². The molecule has 0 bridgehead atoms. The lowest BCUT2D eigenvalue weighted by Crippen LogP contribution is -2.54. The summed E-state index contributed by atoms with van der Waals surface area (Å²) < 4.78 is 27.3. The lowest BCUT2D eigenvalue weighted by atomic mass is 9.96. The fraction of sp³-hybridized carbons (Fsp3) is 0.600. The van der Waals surface area contributed by atoms with Gasteiger partial charge in [-0.15, -0.1) is 0 Å². The van der Waals surface area contributed by atoms with Crippen molar-refractivity contribution in [2.75, 3.05) is 39.3 Å². The van der Waals surface area contributed by atoms with Crippen molar-refractivity contribution in [2.45, 2.75) is 37.5 Å². The van der Waals surface area contributed by atoms with E-state index in [4.69, 9.17) is 5.73 Å². The summed E-state index contributed by atoms with van der Waals surface area (Å²) >= 11 is 0. The predicted molar refractivity (Wildman–Crippen MR) is 110 cm³/mol. The topological polar surface area (TPSA) is 104 Å². The number of nitrogens with zero attached hydrogens (tertiary/aromatic N) is 3. The molecule has 1 aromatic carbocycles. The van der Waals surface area contributed by atoms with Crippen LogP contribution in [0.5, 0.6) is 0 Å². The molecule has 0 radical (unpaired) electrons. The van der Waals surface area contributed by atoms with Gasteiger partial charge in [0.1, 0.15) is 0 Å². The summed E-state index contributed by atoms with van der Waals surface area (Å²) in [5.74, 6) is 0.0591. The lowest BCUT2D eigenvalue weighted by molar-refractivity contribution is -0.138. The molecule has 160 valence electrons. The average molecular weight is 423 g/mol. The maximum atomic E-state index is 12.9. The number of likely N-dealkylation sites (tertiary alicyclic amines) is 1. The summed E-state index contributed by atoms with van der Waals surface area (Å²) in [5.41, 5.74) is 6.44. The monoisotopic (exact) mass is 422 g/mol. The van der Waals surface area contributed by atoms with Gasteiger partial charge < -0.3 is 15.5 Å². The van der Waals surface area contributed by atoms with Crippen LogP contribution in [-0.2, 0) is 14.8 Å². The Morgan fingerprint density at radius 3 is 2.17 bits per heavy atom. The molecule has 8 nitrogen and oxygen atoms in total. The van der Waals surface area contributed by atoms with E-state index in [0.717, 1.165) is 18.4 Å². The minimum Gasteiger partial charge on any atom is -0.351 e. The molecule has 1 aromatic rings. The highest BCUT2D eigenvalue weighted by molar-refractivity contribution is 7.89. The zero-order valence-electron chi connectivity index (χ0n) is 17.1. The van der Waals surface area contributed by atoms with Crippen LogP contribution in [-0.4, -0.2) is 73.7 Å². The van der Waals surface area contributed by atoms with Crippen LogP contribution in [0.2, 0.25) is 0 Å². The smallest absolute Gasteiger partial charge is 0.314 e. The van der Waals surface area contributed by atoms with Gasteiger partial charge in [-0.05, 0) is 36.5 Å². The van der Waals surface area contributed by atoms with Gasteiger partial charge in [-0.3, -0.25) is 4.79 Å². The lowest BCUT2D eigenvalue weighted by Gasteiger charge is -2.38. The van der Waals surface area contributed by atoms with Crippen molar-refractivity contribution in [3.8, 4) is 0 Å². The molecule has 2 fully saturated rings. The first-order chi connectivity index (χ1) is 13.7. The molecule has 3 amide bonds. The first-order valence-electron chi connectivity index (χ1n) is 10.1. The third kappa shape index (κ3) is 4.72. The van der Waals surface area contributed by atoms with Crippen molar-refractivity contribution in [1.29, 1.82) is 0 Å². The molecule has 3 rings (SSSR count). The molecule has 2 saturated heterocycles. The molecule has 2 heterocycles. The molecule has 2 N–H and O–H groups in total. The Bertz CT molecular complexity index is 846. The Balaban J connectivity index is 1.60. The molecule has 1 atom stereocenters. The first kappa shape index (κ1) is 21.6. The van der Waals surface area contributed by atoms with E-state index in [9.17, 15) is 18.0 Å². The molecule has 9 heteroatoms. The van der Waals surface area contributed by atoms with Crippen LogP contribution in [0.15, 0.2) is 29.2 Å². The fourth-order valence-electron chi connectivity index (χ4n) is 3.96. The van der Waals surface area contributed by atoms with E-state index in [1.54, 1.807) is 17.0 Å². The van der Waals surface area contributed by atoms with Crippen molar-refractivity contribution in [3.05, 3.63) is 29.8 Å². The van der Waals surface area contributed by atoms with Gasteiger partial charge in [0, 0.05) is 39.3 Å². The van der Waals surface area contributed by atoms with Gasteiger partial charge in [-0.1, -0.05) is 26.0 Å². The number of piperidine rings is 1. The molecule has 2 aliphatic heterocycles. The van der Waals surface area contributed by atoms with Gasteiger partial charge in [0.15, 0.2) is 0 Å². The summed E-state index contributed by atoms with van der Waals surface area (Å²) in [5, 5.41) is 0. The summed E-state index contributed by atoms with van der Waals surface area (Å²) in [7, 11) is -3.57. The number of benzene rings is 1. The van der Waals surface area contributed by atoms with Crippen molar-refractivity contribution < 1.29 is 18.0 Å². The molecule has 0 spiro atoms. The minimum atomic E-state index is -3.57. The zero-order valence-corrected chi connectivity index (χ0v) is 17.9. The average Bonchev–Trinajstić information content (AvgIpc) is 2.73. The highest BCUT2D eigenvalue weighted by Gasteiger charge is 2.34. The van der Waals surface area contributed by atoms with E-state index in [2.05, 4.69) is 13.8 Å². The number of urea groups is 1. The van der Waals surface area contributed by atoms with E-state index in [1.165, 1.54) is 9.21 Å². The van der Waals surface area contributed by atoms with Crippen LogP contribution in [0.1, 0.15) is 38.2 Å². The van der Waals surface area contributed by atoms with Gasteiger partial charge in [-0.2, -0.15) is 4.31 Å². The van der Waals surface area contributed by atoms with Crippen molar-refractivity contribution in [1.82, 2.24) is 14.1 Å². The van der Waals surface area contributed by atoms with E-state index < -0.39 is 16.1 Å². The van der Waals surface area contributed by atoms with Crippen LogP contribution in [0.3, 0.4) is 0 Å². The van der Waals surface area contributed by atoms with Crippen LogP contribution in [0.25, 0.3) is 0 Å². The van der Waals surface area contributed by atoms with Gasteiger partial charge in [0.05, 0.1) is 10.8 Å². The SMILES string of the molecule is CC(C)c1ccc(S(=O)(=O)N2CCN(C(=O)[C@H]3CCCN(C(N)=O)C3)CC2)cc1. The Labute approximate surface area is 172 Å². The van der Waals surface area contributed by atoms with Crippen molar-refractivity contribution in [3.63, 3.8) is 0 Å². The first-order valence-corrected chi connectivity index (χ1v) is 11.6. The van der Waals surface area contributed by atoms with Crippen LogP contribution in [0, 0.1) is 5.92 Å². The van der Waals surface area contributed by atoms with Gasteiger partial charge >= 0.3 is 6.03 Å². The normalized spacial score (nSPS) is 21.4. The standard InChI is InChI=1S/C20H30N4O4S/c1-15(2)16-5-7-18(8-6-16)29(27,28)24-12-10-22(11-13-24)19(25)17-4-3-9-23(14-17)20(21)26/h5-8,15,17H,3-4,9-14H2,1-2H3,(H2,21,26)/t17-/m0/s1. The van der Waals surface area contributed by atoms with Gasteiger partial charge in [0.25, 0.3) is 0 Å². The second-order valence-corrected chi connectivity index (χ2v) is 10.0. The van der Waals surface area contributed by atoms with E-state index >= 15 is 0 Å². The van der Waals surface area contributed by atoms with E-state index in [1.807, 2.05) is 12.1 Å². The van der Waals surface area contributed by atoms with E-state index in [-0.39, 0.29) is 29.8 Å². The third-order valence-electron chi connectivity index (χ3n) is 5.82. The van der Waals surface area contributed by atoms with E-state index in [0.29, 0.717) is 32.1 Å². The Morgan fingerprint density at radius 1 is 1.00 bits per heavy atom. The number of nitrogens with two attached hydrogens (primary N) is 1. The van der Waals surface area contributed by atoms with Gasteiger partial charge in [-0.25, -0.2) is 13.2 Å². The minimum absolute atomic E-state index is 0.0192. The number of rotatable bonds is 4. The predicted octanol–water partition coefficient (Wildman–Crippen LogP) is 1.43. The summed E-state index contributed by atoms with van der Waals surface area (Å²) in [6.45, 7) is 6.31. The van der Waals surface area contributed by atoms with Crippen molar-refractivity contribution >= 4 is 22.0 Å². The number of amides is 3. The number of carbonyl (C=O) groups is 2. The maximum absolute atomic E-state index is 12.9. The summed E-state index contributed by atoms with van der Waals surface area (Å²) in [6.07, 6.45) is 1.48. The largest absolute Gasteiger partial charge is 0.351 e. The van der Waals surface area contributed by atoms with Crippen LogP contribution < -0.4 is 5.73 Å². The Hall–Kier alpha value is -2.13. The molecule has 0 unspecified atom stereocenters. The molecular formula is C20H30N4O4S. The number of hydrogen-bond donors (Lipinski definition) is 1. The third-order valence-corrected chi connectivity index (χ3v) is 7.73. The number of carbonyl (C=O) groups excluding carboxylic acids is 2. The second-order valence-electron chi connectivity index (χ2n) is 8.08. The number of piperazine rings is 1. The second kappa shape index (κ2) is 8.71. The molecule has 0 aliphatic carbocycles. The maximum Gasteiger partial charge on any atom is 0.314 e. The molecule has 29 heavy (non-hydrogen) atoms. The Kier molecular flexibility index (Phi) is 6.48. The van der Waals surface area contributed by atoms with Crippen LogP contribution >= 0.6 is 0 Å². The molecule has 0 aromatic heterocycles. The van der Waals surface area contributed by atoms with Gasteiger partial charge in [0.2, 0.25) is 15.9 Å². The highest BCUT2D eigenvalue weighted by Crippen LogP contribution is 2.23. The molecule has 2 aliphatic rings. The summed E-state index contributed by atoms with van der Waals surface area (Å²) in [4.78, 5) is 27.7. The highest BCUT2D eigenvalue weighted by atomic mass is 32.2. The number of hydrogen-bond acceptors (Lipinski definition) is 4. The molecule has 0 saturated carbocycles. The fourth-order valence-corrected chi connectivity index (χ4v) is 5.38. The zero-order chi connectivity index (χ0) is 21.2. The number of sulfonamides is 1. The summed E-state index contributed by atoms with van der Waals surface area (Å²) in [6, 6.07) is 6.52.